The normalized spacial score (nSPS) is 16.5. The molecule has 1 fully saturated rings. The first-order valence-corrected chi connectivity index (χ1v) is 8.80. The van der Waals surface area contributed by atoms with Crippen LogP contribution in [0.1, 0.15) is 23.4 Å². The fraction of sp³-hybridized carbons (Fsp3) is 0.368. The van der Waals surface area contributed by atoms with Crippen molar-refractivity contribution in [3.8, 4) is 0 Å². The lowest BCUT2D eigenvalue weighted by molar-refractivity contribution is -0.131. The highest BCUT2D eigenvalue weighted by molar-refractivity contribution is 6.00. The minimum atomic E-state index is -0.507. The highest BCUT2D eigenvalue weighted by atomic mass is 16.2. The van der Waals surface area contributed by atoms with Crippen LogP contribution in [0, 0.1) is 26.7 Å². The molecule has 3 amide bonds. The van der Waals surface area contributed by atoms with E-state index in [0.29, 0.717) is 6.54 Å². The Hall–Kier alpha value is -3.16. The first-order chi connectivity index (χ1) is 12.8. The summed E-state index contributed by atoms with van der Waals surface area (Å²) >= 11 is 0. The van der Waals surface area contributed by atoms with E-state index in [1.165, 1.54) is 0 Å². The Morgan fingerprint density at radius 2 is 1.85 bits per heavy atom. The molecule has 8 heteroatoms. The van der Waals surface area contributed by atoms with Gasteiger partial charge in [0.25, 0.3) is 5.91 Å². The van der Waals surface area contributed by atoms with Gasteiger partial charge in [0, 0.05) is 24.3 Å². The predicted octanol–water partition coefficient (Wildman–Crippen LogP) is 1.01. The van der Waals surface area contributed by atoms with Gasteiger partial charge in [0.15, 0.2) is 0 Å². The highest BCUT2D eigenvalue weighted by Crippen LogP contribution is 2.25. The number of nitrogens with one attached hydrogen (secondary N) is 2. The van der Waals surface area contributed by atoms with Crippen molar-refractivity contribution in [1.82, 2.24) is 20.6 Å². The third-order valence-electron chi connectivity index (χ3n) is 4.56. The maximum atomic E-state index is 12.3. The van der Waals surface area contributed by atoms with Crippen LogP contribution in [0.5, 0.6) is 0 Å². The number of hydrogen-bond donors (Lipinski definition) is 2. The molecule has 1 aromatic carbocycles. The van der Waals surface area contributed by atoms with Gasteiger partial charge in [-0.25, -0.2) is 0 Å². The summed E-state index contributed by atoms with van der Waals surface area (Å²) in [4.78, 5) is 38.2. The second-order valence-electron chi connectivity index (χ2n) is 6.86. The van der Waals surface area contributed by atoms with Crippen LogP contribution < -0.4 is 15.8 Å². The van der Waals surface area contributed by atoms with Gasteiger partial charge in [0.2, 0.25) is 11.8 Å². The summed E-state index contributed by atoms with van der Waals surface area (Å²) in [5.74, 6) is -1.37. The van der Waals surface area contributed by atoms with Crippen molar-refractivity contribution in [2.75, 3.05) is 11.4 Å². The van der Waals surface area contributed by atoms with Crippen molar-refractivity contribution in [2.45, 2.75) is 33.7 Å². The summed E-state index contributed by atoms with van der Waals surface area (Å²) in [6.45, 7) is 5.98. The Kier molecular flexibility index (Phi) is 5.25. The van der Waals surface area contributed by atoms with Crippen LogP contribution in [-0.4, -0.2) is 34.0 Å². The maximum Gasteiger partial charge on any atom is 0.260 e. The molecule has 27 heavy (non-hydrogen) atoms. The minimum Gasteiger partial charge on any atom is -0.312 e. The first kappa shape index (κ1) is 18.6. The standard InChI is InChI=1S/C19H23N5O3/c1-12-4-6-16(7-5-12)23-10-15(9-18(23)26)19(27)21-20-17(25)11-24-14(3)8-13(2)22-24/h4-8,15H,9-11H2,1-3H3,(H,20,25)(H,21,27)/t15-/m1/s1. The molecule has 1 aliphatic rings. The van der Waals surface area contributed by atoms with E-state index >= 15 is 0 Å². The van der Waals surface area contributed by atoms with Crippen LogP contribution in [0.2, 0.25) is 0 Å². The molecule has 0 bridgehead atoms. The second-order valence-corrected chi connectivity index (χ2v) is 6.86. The summed E-state index contributed by atoms with van der Waals surface area (Å²) in [6, 6.07) is 9.45. The molecule has 1 aliphatic heterocycles. The maximum absolute atomic E-state index is 12.3. The van der Waals surface area contributed by atoms with Crippen LogP contribution in [0.4, 0.5) is 5.69 Å². The molecular weight excluding hydrogens is 346 g/mol. The summed E-state index contributed by atoms with van der Waals surface area (Å²) < 4.78 is 1.56. The average molecular weight is 369 g/mol. The van der Waals surface area contributed by atoms with Crippen LogP contribution in [-0.2, 0) is 20.9 Å². The topological polar surface area (TPSA) is 96.3 Å². The van der Waals surface area contributed by atoms with Gasteiger partial charge in [0.1, 0.15) is 6.54 Å². The van der Waals surface area contributed by atoms with E-state index < -0.39 is 5.92 Å². The lowest BCUT2D eigenvalue weighted by atomic mass is 10.1. The molecule has 0 radical (unpaired) electrons. The molecule has 1 saturated heterocycles. The smallest absolute Gasteiger partial charge is 0.260 e. The first-order valence-electron chi connectivity index (χ1n) is 8.80. The average Bonchev–Trinajstić information content (AvgIpc) is 3.15. The highest BCUT2D eigenvalue weighted by Gasteiger charge is 2.35. The van der Waals surface area contributed by atoms with Crippen LogP contribution in [0.25, 0.3) is 0 Å². The molecule has 0 spiro atoms. The van der Waals surface area contributed by atoms with Gasteiger partial charge < -0.3 is 4.90 Å². The fourth-order valence-corrected chi connectivity index (χ4v) is 3.10. The van der Waals surface area contributed by atoms with E-state index in [-0.39, 0.29) is 30.7 Å². The fourth-order valence-electron chi connectivity index (χ4n) is 3.10. The van der Waals surface area contributed by atoms with Crippen molar-refractivity contribution in [1.29, 1.82) is 0 Å². The lowest BCUT2D eigenvalue weighted by Gasteiger charge is -2.17. The summed E-state index contributed by atoms with van der Waals surface area (Å²) in [5.41, 5.74) is 8.37. The number of amides is 3. The number of carbonyl (C=O) groups is 3. The van der Waals surface area contributed by atoms with Gasteiger partial charge in [-0.2, -0.15) is 5.10 Å². The number of nitrogens with zero attached hydrogens (tertiary/aromatic N) is 3. The summed E-state index contributed by atoms with van der Waals surface area (Å²) in [6.07, 6.45) is 0.118. The zero-order valence-electron chi connectivity index (χ0n) is 15.7. The molecule has 1 aromatic heterocycles. The molecule has 142 valence electrons. The third kappa shape index (κ3) is 4.33. The van der Waals surface area contributed by atoms with E-state index in [9.17, 15) is 14.4 Å². The van der Waals surface area contributed by atoms with Crippen molar-refractivity contribution < 1.29 is 14.4 Å². The monoisotopic (exact) mass is 369 g/mol. The van der Waals surface area contributed by atoms with E-state index in [4.69, 9.17) is 0 Å². The quantitative estimate of drug-likeness (QED) is 0.786. The molecule has 2 N–H and O–H groups in total. The molecule has 2 heterocycles. The molecule has 8 nitrogen and oxygen atoms in total. The van der Waals surface area contributed by atoms with Crippen molar-refractivity contribution in [3.63, 3.8) is 0 Å². The molecule has 0 saturated carbocycles. The van der Waals surface area contributed by atoms with Gasteiger partial charge in [-0.3, -0.25) is 29.9 Å². The minimum absolute atomic E-state index is 0.0129. The van der Waals surface area contributed by atoms with Crippen molar-refractivity contribution >= 4 is 23.4 Å². The number of aryl methyl sites for hydroxylation is 3. The van der Waals surface area contributed by atoms with Gasteiger partial charge >= 0.3 is 0 Å². The van der Waals surface area contributed by atoms with Gasteiger partial charge in [-0.05, 0) is 39.0 Å². The number of carbonyl (C=O) groups excluding carboxylic acids is 3. The molecular formula is C19H23N5O3. The Morgan fingerprint density at radius 1 is 1.15 bits per heavy atom. The molecule has 1 atom stereocenters. The second kappa shape index (κ2) is 7.61. The van der Waals surface area contributed by atoms with Crippen molar-refractivity contribution in [3.05, 3.63) is 47.3 Å². The lowest BCUT2D eigenvalue weighted by Crippen LogP contribution is -2.46. The number of rotatable bonds is 4. The SMILES string of the molecule is Cc1ccc(N2C[C@H](C(=O)NNC(=O)Cn3nc(C)cc3C)CC2=O)cc1. The predicted molar refractivity (Wildman–Crippen MR) is 99.6 cm³/mol. The Balaban J connectivity index is 1.52. The number of benzene rings is 1. The molecule has 2 aromatic rings. The number of hydrogen-bond acceptors (Lipinski definition) is 4. The van der Waals surface area contributed by atoms with Gasteiger partial charge in [-0.15, -0.1) is 0 Å². The molecule has 3 rings (SSSR count). The van der Waals surface area contributed by atoms with Gasteiger partial charge in [0.05, 0.1) is 11.6 Å². The zero-order valence-corrected chi connectivity index (χ0v) is 15.7. The van der Waals surface area contributed by atoms with Crippen LogP contribution in [0.3, 0.4) is 0 Å². The van der Waals surface area contributed by atoms with Crippen LogP contribution >= 0.6 is 0 Å². The van der Waals surface area contributed by atoms with Gasteiger partial charge in [-0.1, -0.05) is 17.7 Å². The Bertz CT molecular complexity index is 872. The summed E-state index contributed by atoms with van der Waals surface area (Å²) in [7, 11) is 0. The zero-order chi connectivity index (χ0) is 19.6. The molecule has 0 aliphatic carbocycles. The van der Waals surface area contributed by atoms with Crippen molar-refractivity contribution in [2.24, 2.45) is 5.92 Å². The Morgan fingerprint density at radius 3 is 2.48 bits per heavy atom. The summed E-state index contributed by atoms with van der Waals surface area (Å²) in [5, 5.41) is 4.21. The Labute approximate surface area is 157 Å². The number of hydrazine groups is 1. The van der Waals surface area contributed by atoms with E-state index in [0.717, 1.165) is 22.6 Å². The van der Waals surface area contributed by atoms with Crippen LogP contribution in [0.15, 0.2) is 30.3 Å². The largest absolute Gasteiger partial charge is 0.312 e. The number of aromatic nitrogens is 2. The molecule has 0 unspecified atom stereocenters. The van der Waals surface area contributed by atoms with E-state index in [1.807, 2.05) is 51.1 Å². The van der Waals surface area contributed by atoms with E-state index in [1.54, 1.807) is 9.58 Å². The third-order valence-corrected chi connectivity index (χ3v) is 4.56. The van der Waals surface area contributed by atoms with E-state index in [2.05, 4.69) is 16.0 Å². The number of anilines is 1.